The zero-order valence-corrected chi connectivity index (χ0v) is 16.2. The first-order chi connectivity index (χ1) is 12.0. The molecule has 1 heterocycles. The van der Waals surface area contributed by atoms with Crippen LogP contribution in [-0.2, 0) is 0 Å². The van der Waals surface area contributed by atoms with Crippen LogP contribution in [0.4, 0.5) is 0 Å². The lowest BCUT2D eigenvalue weighted by Gasteiger charge is -2.29. The molecule has 0 aliphatic carbocycles. The maximum atomic E-state index is 12.6. The Hall–Kier alpha value is -2.02. The van der Waals surface area contributed by atoms with Crippen molar-refractivity contribution in [3.8, 4) is 11.5 Å². The third kappa shape index (κ3) is 4.15. The van der Waals surface area contributed by atoms with E-state index < -0.39 is 0 Å². The minimum atomic E-state index is -0.326. The molecule has 25 heavy (non-hydrogen) atoms. The van der Waals surface area contributed by atoms with Crippen molar-refractivity contribution in [2.45, 2.75) is 33.6 Å². The molecule has 0 saturated carbocycles. The molecule has 1 amide bonds. The first kappa shape index (κ1) is 19.3. The maximum absolute atomic E-state index is 12.6. The van der Waals surface area contributed by atoms with Gasteiger partial charge in [0.25, 0.3) is 5.91 Å². The summed E-state index contributed by atoms with van der Waals surface area (Å²) in [5.41, 5.74) is 1.46. The molecule has 0 bridgehead atoms. The molecular formula is C18H25N3O3S. The summed E-state index contributed by atoms with van der Waals surface area (Å²) in [5, 5.41) is 11.8. The van der Waals surface area contributed by atoms with Crippen molar-refractivity contribution in [2.24, 2.45) is 15.6 Å². The second kappa shape index (κ2) is 8.38. The molecule has 0 unspecified atom stereocenters. The number of hydrogen-bond acceptors (Lipinski definition) is 6. The molecule has 136 valence electrons. The molecule has 1 aromatic rings. The van der Waals surface area contributed by atoms with E-state index in [1.54, 1.807) is 18.2 Å². The molecule has 7 heteroatoms. The number of nitrogens with one attached hydrogen (secondary N) is 1. The quantitative estimate of drug-likeness (QED) is 0.836. The highest BCUT2D eigenvalue weighted by Crippen LogP contribution is 2.32. The Balaban J connectivity index is 2.21. The van der Waals surface area contributed by atoms with E-state index in [9.17, 15) is 4.79 Å². The van der Waals surface area contributed by atoms with E-state index in [0.29, 0.717) is 22.2 Å². The average molecular weight is 363 g/mol. The fourth-order valence-corrected chi connectivity index (χ4v) is 3.49. The van der Waals surface area contributed by atoms with Crippen molar-refractivity contribution in [1.29, 1.82) is 0 Å². The molecule has 1 aliphatic heterocycles. The second-order valence-electron chi connectivity index (χ2n) is 6.00. The van der Waals surface area contributed by atoms with E-state index in [1.807, 2.05) is 0 Å². The summed E-state index contributed by atoms with van der Waals surface area (Å²) < 4.78 is 10.5. The lowest BCUT2D eigenvalue weighted by molar-refractivity contribution is 0.0971. The number of nitrogens with zero attached hydrogens (tertiary/aromatic N) is 2. The molecule has 0 fully saturated rings. The molecular weight excluding hydrogens is 338 g/mol. The first-order valence-electron chi connectivity index (χ1n) is 8.29. The van der Waals surface area contributed by atoms with Gasteiger partial charge in [-0.2, -0.15) is 5.10 Å². The maximum Gasteiger partial charge on any atom is 0.264 e. The molecule has 6 nitrogen and oxygen atoms in total. The normalized spacial score (nSPS) is 14.4. The lowest BCUT2D eigenvalue weighted by atomic mass is 9.80. The number of rotatable bonds is 6. The average Bonchev–Trinajstić information content (AvgIpc) is 2.67. The second-order valence-corrected chi connectivity index (χ2v) is 6.96. The van der Waals surface area contributed by atoms with Gasteiger partial charge in [0.05, 0.1) is 19.9 Å². The summed E-state index contributed by atoms with van der Waals surface area (Å²) in [6.07, 6.45) is 2.02. The monoisotopic (exact) mass is 363 g/mol. The van der Waals surface area contributed by atoms with Gasteiger partial charge in [-0.25, -0.2) is 0 Å². The van der Waals surface area contributed by atoms with Crippen LogP contribution in [0.1, 0.15) is 44.0 Å². The molecule has 1 aromatic carbocycles. The number of thioether (sulfide) groups is 1. The van der Waals surface area contributed by atoms with Crippen LogP contribution in [0.3, 0.4) is 0 Å². The molecule has 1 aliphatic rings. The standard InChI is InChI=1S/C18H25N3O3S/c1-6-18(3,7-2)14-11-25-17(21-20-14)19-16(22)15-12(23-4)9-8-10-13(15)24-5/h8-10H,6-7,11H2,1-5H3,(H,19,21,22). The highest BCUT2D eigenvalue weighted by molar-refractivity contribution is 8.14. The van der Waals surface area contributed by atoms with Crippen LogP contribution in [0.5, 0.6) is 11.5 Å². The third-order valence-corrected chi connectivity index (χ3v) is 5.61. The molecule has 0 saturated heterocycles. The summed E-state index contributed by atoms with van der Waals surface area (Å²) in [7, 11) is 3.04. The Labute approximate surface area is 153 Å². The zero-order chi connectivity index (χ0) is 18.4. The lowest BCUT2D eigenvalue weighted by Crippen LogP contribution is -2.35. The van der Waals surface area contributed by atoms with Crippen molar-refractivity contribution >= 4 is 28.5 Å². The number of methoxy groups -OCH3 is 2. The van der Waals surface area contributed by atoms with Crippen LogP contribution >= 0.6 is 11.8 Å². The van der Waals surface area contributed by atoms with Crippen LogP contribution in [0.25, 0.3) is 0 Å². The van der Waals surface area contributed by atoms with Crippen LogP contribution in [-0.4, -0.2) is 36.8 Å². The summed E-state index contributed by atoms with van der Waals surface area (Å²) in [4.78, 5) is 12.6. The highest BCUT2D eigenvalue weighted by atomic mass is 32.2. The molecule has 0 spiro atoms. The molecule has 0 aromatic heterocycles. The van der Waals surface area contributed by atoms with Crippen LogP contribution in [0.15, 0.2) is 28.4 Å². The summed E-state index contributed by atoms with van der Waals surface area (Å²) in [6.45, 7) is 6.52. The van der Waals surface area contributed by atoms with Crippen molar-refractivity contribution in [3.05, 3.63) is 23.8 Å². The molecule has 0 radical (unpaired) electrons. The fraction of sp³-hybridized carbons (Fsp3) is 0.500. The molecule has 0 atom stereocenters. The van der Waals surface area contributed by atoms with Gasteiger partial charge in [0.15, 0.2) is 5.17 Å². The van der Waals surface area contributed by atoms with Crippen molar-refractivity contribution < 1.29 is 14.3 Å². The zero-order valence-electron chi connectivity index (χ0n) is 15.4. The van der Waals surface area contributed by atoms with Crippen molar-refractivity contribution in [3.63, 3.8) is 0 Å². The van der Waals surface area contributed by atoms with E-state index in [1.165, 1.54) is 26.0 Å². The summed E-state index contributed by atoms with van der Waals surface area (Å²) in [5.74, 6) is 1.30. The van der Waals surface area contributed by atoms with E-state index in [4.69, 9.17) is 9.47 Å². The predicted octanol–water partition coefficient (Wildman–Crippen LogP) is 3.72. The molecule has 2 rings (SSSR count). The van der Waals surface area contributed by atoms with Gasteiger partial charge in [-0.1, -0.05) is 38.6 Å². The number of benzene rings is 1. The van der Waals surface area contributed by atoms with Gasteiger partial charge in [-0.15, -0.1) is 5.10 Å². The third-order valence-electron chi connectivity index (χ3n) is 4.74. The number of ether oxygens (including phenoxy) is 2. The predicted molar refractivity (Wildman–Crippen MR) is 103 cm³/mol. The van der Waals surface area contributed by atoms with Gasteiger partial charge >= 0.3 is 0 Å². The Bertz CT molecular complexity index is 675. The first-order valence-corrected chi connectivity index (χ1v) is 9.27. The Morgan fingerprint density at radius 3 is 2.24 bits per heavy atom. The summed E-state index contributed by atoms with van der Waals surface area (Å²) in [6, 6.07) is 5.21. The number of amides is 1. The van der Waals surface area contributed by atoms with E-state index in [0.717, 1.165) is 24.3 Å². The van der Waals surface area contributed by atoms with Gasteiger partial charge in [0.1, 0.15) is 17.1 Å². The van der Waals surface area contributed by atoms with Crippen molar-refractivity contribution in [1.82, 2.24) is 5.32 Å². The number of carbonyl (C=O) groups is 1. The van der Waals surface area contributed by atoms with Crippen molar-refractivity contribution in [2.75, 3.05) is 20.0 Å². The number of carbonyl (C=O) groups excluding carboxylic acids is 1. The van der Waals surface area contributed by atoms with E-state index in [-0.39, 0.29) is 11.3 Å². The van der Waals surface area contributed by atoms with Gasteiger partial charge < -0.3 is 9.47 Å². The highest BCUT2D eigenvalue weighted by Gasteiger charge is 2.29. The van der Waals surface area contributed by atoms with Gasteiger partial charge in [-0.05, 0) is 25.0 Å². The van der Waals surface area contributed by atoms with Crippen LogP contribution in [0.2, 0.25) is 0 Å². The topological polar surface area (TPSA) is 72.3 Å². The Kier molecular flexibility index (Phi) is 6.47. The smallest absolute Gasteiger partial charge is 0.264 e. The van der Waals surface area contributed by atoms with E-state index >= 15 is 0 Å². The molecule has 1 N–H and O–H groups in total. The van der Waals surface area contributed by atoms with Crippen LogP contribution < -0.4 is 14.8 Å². The van der Waals surface area contributed by atoms with Crippen LogP contribution in [0, 0.1) is 5.41 Å². The number of hydrogen-bond donors (Lipinski definition) is 1. The Morgan fingerprint density at radius 2 is 1.80 bits per heavy atom. The minimum absolute atomic E-state index is 0.0535. The minimum Gasteiger partial charge on any atom is -0.496 e. The Morgan fingerprint density at radius 1 is 1.20 bits per heavy atom. The largest absolute Gasteiger partial charge is 0.496 e. The van der Waals surface area contributed by atoms with E-state index in [2.05, 4.69) is 36.3 Å². The van der Waals surface area contributed by atoms with Gasteiger partial charge in [0, 0.05) is 11.2 Å². The summed E-state index contributed by atoms with van der Waals surface area (Å²) >= 11 is 1.48. The number of amidine groups is 1. The SMILES string of the molecule is CCC(C)(CC)C1=NN=C(NC(=O)c2c(OC)cccc2OC)SC1. The van der Waals surface area contributed by atoms with Gasteiger partial charge in [-0.3, -0.25) is 10.1 Å². The fourth-order valence-electron chi connectivity index (χ4n) is 2.55. The van der Waals surface area contributed by atoms with Gasteiger partial charge in [0.2, 0.25) is 0 Å².